The number of benzene rings is 4. The molecule has 0 heterocycles. The van der Waals surface area contributed by atoms with Gasteiger partial charge >= 0.3 is 0 Å². The number of hydrogen-bond donors (Lipinski definition) is 3. The highest BCUT2D eigenvalue weighted by atomic mass is 16.3. The monoisotopic (exact) mass is 617 g/mol. The lowest BCUT2D eigenvalue weighted by Gasteiger charge is -2.28. The van der Waals surface area contributed by atoms with Crippen molar-refractivity contribution >= 4 is 11.8 Å². The first-order chi connectivity index (χ1) is 22.5. The van der Waals surface area contributed by atoms with E-state index in [1.165, 1.54) is 18.4 Å². The molecule has 2 atom stereocenters. The molecule has 6 nitrogen and oxygen atoms in total. The summed E-state index contributed by atoms with van der Waals surface area (Å²) in [4.78, 5) is 28.6. The van der Waals surface area contributed by atoms with Crippen LogP contribution in [0.3, 0.4) is 0 Å². The molecule has 4 aromatic carbocycles. The van der Waals surface area contributed by atoms with Gasteiger partial charge in [0.1, 0.15) is 5.75 Å². The minimum absolute atomic E-state index is 0.0469. The Balaban J connectivity index is 1.24. The van der Waals surface area contributed by atoms with Crippen LogP contribution in [-0.2, 0) is 24.2 Å². The fraction of sp³-hybridized carbons (Fsp3) is 0.350. The Labute approximate surface area is 273 Å². The third-order valence-corrected chi connectivity index (χ3v) is 9.19. The van der Waals surface area contributed by atoms with E-state index in [-0.39, 0.29) is 17.6 Å². The zero-order chi connectivity index (χ0) is 32.1. The van der Waals surface area contributed by atoms with Crippen LogP contribution in [0.2, 0.25) is 0 Å². The zero-order valence-electron chi connectivity index (χ0n) is 26.7. The molecule has 4 N–H and O–H groups in total. The van der Waals surface area contributed by atoms with E-state index < -0.39 is 0 Å². The van der Waals surface area contributed by atoms with E-state index in [4.69, 9.17) is 5.73 Å². The van der Waals surface area contributed by atoms with Gasteiger partial charge in [0.05, 0.1) is 0 Å². The summed E-state index contributed by atoms with van der Waals surface area (Å²) in [5.74, 6) is 1.38. The number of nitrogens with two attached hydrogens (primary N) is 1. The average molecular weight is 618 g/mol. The van der Waals surface area contributed by atoms with Crippen LogP contribution in [-0.4, -0.2) is 41.5 Å². The van der Waals surface area contributed by atoms with Gasteiger partial charge in [0.15, 0.2) is 0 Å². The van der Waals surface area contributed by atoms with Crippen LogP contribution in [0.1, 0.15) is 65.6 Å². The molecule has 0 radical (unpaired) electrons. The number of nitrogens with one attached hydrogen (secondary N) is 1. The number of aryl methyl sites for hydroxylation is 1. The predicted octanol–water partition coefficient (Wildman–Crippen LogP) is 7.15. The standard InChI is InChI=1S/C40H47N3O3/c41-27-32-11-4-12-33(24-32)28-42-40(46)37-16-7-15-36(26-37)35-14-5-13-34(25-35)29-43(23-22-31-18-20-38(44)21-19-31)39(45)17-6-10-30-8-2-1-3-9-30/h1-3,5,7-9,13-16,18-21,25-26,32-33,44H,4,6,10-12,17,22-24,27-29,41H2,(H,42,46). The fourth-order valence-corrected chi connectivity index (χ4v) is 6.52. The van der Waals surface area contributed by atoms with Gasteiger partial charge in [-0.25, -0.2) is 0 Å². The van der Waals surface area contributed by atoms with Crippen LogP contribution < -0.4 is 11.1 Å². The van der Waals surface area contributed by atoms with Gasteiger partial charge in [-0.3, -0.25) is 9.59 Å². The number of carbonyl (C=O) groups is 2. The molecule has 0 spiro atoms. The van der Waals surface area contributed by atoms with Gasteiger partial charge in [-0.1, -0.05) is 79.2 Å². The number of phenolic OH excluding ortho intramolecular Hbond substituents is 1. The number of amides is 2. The molecular weight excluding hydrogens is 570 g/mol. The predicted molar refractivity (Wildman–Crippen MR) is 185 cm³/mol. The summed E-state index contributed by atoms with van der Waals surface area (Å²) in [6, 6.07) is 33.5. The maximum atomic E-state index is 13.5. The van der Waals surface area contributed by atoms with E-state index in [9.17, 15) is 14.7 Å². The summed E-state index contributed by atoms with van der Waals surface area (Å²) in [5.41, 5.74) is 11.9. The van der Waals surface area contributed by atoms with Crippen molar-refractivity contribution in [1.82, 2.24) is 10.2 Å². The second kappa shape index (κ2) is 16.8. The highest BCUT2D eigenvalue weighted by Gasteiger charge is 2.22. The van der Waals surface area contributed by atoms with E-state index in [0.29, 0.717) is 49.9 Å². The van der Waals surface area contributed by atoms with E-state index in [2.05, 4.69) is 35.6 Å². The third-order valence-electron chi connectivity index (χ3n) is 9.19. The molecule has 5 rings (SSSR count). The first-order valence-corrected chi connectivity index (χ1v) is 16.7. The summed E-state index contributed by atoms with van der Waals surface area (Å²) in [7, 11) is 0. The lowest BCUT2D eigenvalue weighted by atomic mass is 9.81. The van der Waals surface area contributed by atoms with Crippen molar-refractivity contribution in [2.75, 3.05) is 19.6 Å². The first kappa shape index (κ1) is 33.0. The Kier molecular flexibility index (Phi) is 12.0. The maximum Gasteiger partial charge on any atom is 0.251 e. The summed E-state index contributed by atoms with van der Waals surface area (Å²) < 4.78 is 0. The molecule has 0 aliphatic heterocycles. The number of nitrogens with zero attached hydrogens (tertiary/aromatic N) is 1. The lowest BCUT2D eigenvalue weighted by molar-refractivity contribution is -0.131. The maximum absolute atomic E-state index is 13.5. The number of rotatable bonds is 14. The number of aromatic hydroxyl groups is 1. The van der Waals surface area contributed by atoms with Gasteiger partial charge in [0.2, 0.25) is 5.91 Å². The van der Waals surface area contributed by atoms with Crippen molar-refractivity contribution in [3.63, 3.8) is 0 Å². The summed E-state index contributed by atoms with van der Waals surface area (Å²) in [6.45, 7) is 2.50. The van der Waals surface area contributed by atoms with Crippen molar-refractivity contribution in [3.05, 3.63) is 125 Å². The highest BCUT2D eigenvalue weighted by Crippen LogP contribution is 2.28. The number of hydrogen-bond acceptors (Lipinski definition) is 4. The fourth-order valence-electron chi connectivity index (χ4n) is 6.52. The van der Waals surface area contributed by atoms with Gasteiger partial charge in [-0.15, -0.1) is 0 Å². The van der Waals surface area contributed by atoms with E-state index in [1.807, 2.05) is 65.6 Å². The molecule has 0 saturated heterocycles. The summed E-state index contributed by atoms with van der Waals surface area (Å²) in [5, 5.41) is 12.8. The third kappa shape index (κ3) is 9.79. The molecule has 46 heavy (non-hydrogen) atoms. The quantitative estimate of drug-likeness (QED) is 0.140. The minimum atomic E-state index is -0.0469. The second-order valence-corrected chi connectivity index (χ2v) is 12.7. The molecule has 0 aromatic heterocycles. The molecule has 2 unspecified atom stereocenters. The topological polar surface area (TPSA) is 95.7 Å². The van der Waals surface area contributed by atoms with Crippen LogP contribution >= 0.6 is 0 Å². The van der Waals surface area contributed by atoms with E-state index >= 15 is 0 Å². The molecular formula is C40H47N3O3. The molecule has 1 saturated carbocycles. The molecule has 1 aliphatic rings. The van der Waals surface area contributed by atoms with Crippen LogP contribution in [0.5, 0.6) is 5.75 Å². The normalized spacial score (nSPS) is 16.1. The van der Waals surface area contributed by atoms with Gasteiger partial charge in [-0.2, -0.15) is 0 Å². The Bertz CT molecular complexity index is 1550. The minimum Gasteiger partial charge on any atom is -0.508 e. The molecule has 240 valence electrons. The van der Waals surface area contributed by atoms with Gasteiger partial charge in [0, 0.05) is 31.6 Å². The van der Waals surface area contributed by atoms with E-state index in [0.717, 1.165) is 54.5 Å². The largest absolute Gasteiger partial charge is 0.508 e. The highest BCUT2D eigenvalue weighted by molar-refractivity contribution is 5.95. The molecule has 0 bridgehead atoms. The van der Waals surface area contributed by atoms with Crippen LogP contribution in [0.25, 0.3) is 11.1 Å². The van der Waals surface area contributed by atoms with Crippen molar-refractivity contribution in [1.29, 1.82) is 0 Å². The Morgan fingerprint density at radius 1 is 0.783 bits per heavy atom. The lowest BCUT2D eigenvalue weighted by Crippen LogP contribution is -2.33. The summed E-state index contributed by atoms with van der Waals surface area (Å²) in [6.07, 6.45) is 7.46. The molecule has 1 fully saturated rings. The van der Waals surface area contributed by atoms with Gasteiger partial charge < -0.3 is 21.1 Å². The van der Waals surface area contributed by atoms with Crippen molar-refractivity contribution in [3.8, 4) is 16.9 Å². The van der Waals surface area contributed by atoms with E-state index in [1.54, 1.807) is 12.1 Å². The molecule has 1 aliphatic carbocycles. The van der Waals surface area contributed by atoms with Crippen LogP contribution in [0.4, 0.5) is 0 Å². The zero-order valence-corrected chi connectivity index (χ0v) is 26.7. The number of carbonyl (C=O) groups excluding carboxylic acids is 2. The van der Waals surface area contributed by atoms with Crippen molar-refractivity contribution < 1.29 is 14.7 Å². The summed E-state index contributed by atoms with van der Waals surface area (Å²) >= 11 is 0. The van der Waals surface area contributed by atoms with Crippen LogP contribution in [0.15, 0.2) is 103 Å². The smallest absolute Gasteiger partial charge is 0.251 e. The Hall–Kier alpha value is -4.42. The van der Waals surface area contributed by atoms with Crippen molar-refractivity contribution in [2.24, 2.45) is 17.6 Å². The number of phenols is 1. The molecule has 2 amide bonds. The van der Waals surface area contributed by atoms with Crippen LogP contribution in [0, 0.1) is 11.8 Å². The molecule has 4 aromatic rings. The SMILES string of the molecule is NCC1CCCC(CNC(=O)c2cccc(-c3cccc(CN(CCc4ccc(O)cc4)C(=O)CCCc4ccccc4)c3)c2)C1. The second-order valence-electron chi connectivity index (χ2n) is 12.7. The Morgan fingerprint density at radius 2 is 1.48 bits per heavy atom. The average Bonchev–Trinajstić information content (AvgIpc) is 3.10. The Morgan fingerprint density at radius 3 is 2.26 bits per heavy atom. The van der Waals surface area contributed by atoms with Gasteiger partial charge in [0.25, 0.3) is 5.91 Å². The van der Waals surface area contributed by atoms with Crippen molar-refractivity contribution in [2.45, 2.75) is 57.9 Å². The van der Waals surface area contributed by atoms with Gasteiger partial charge in [-0.05, 0) is 115 Å². The molecule has 6 heteroatoms. The first-order valence-electron chi connectivity index (χ1n) is 16.7.